The van der Waals surface area contributed by atoms with Crippen molar-refractivity contribution in [2.24, 2.45) is 10.2 Å². The van der Waals surface area contributed by atoms with Crippen LogP contribution >= 0.6 is 23.2 Å². The van der Waals surface area contributed by atoms with Gasteiger partial charge in [-0.2, -0.15) is 10.2 Å². The molecule has 0 saturated carbocycles. The molecule has 1 atom stereocenters. The number of ether oxygens (including phenoxy) is 4. The number of methoxy groups -OCH3 is 2. The van der Waals surface area contributed by atoms with Crippen LogP contribution in [0.3, 0.4) is 0 Å². The van der Waals surface area contributed by atoms with Crippen molar-refractivity contribution in [3.63, 3.8) is 0 Å². The number of Topliss-reactive ketones (excluding diaryl/α,β-unsaturated/α-hetero) is 1. The molecule has 11 heteroatoms. The average molecular weight is 498 g/mol. The molecule has 0 fully saturated rings. The first-order chi connectivity index (χ1) is 15.7. The molecule has 0 heterocycles. The first kappa shape index (κ1) is 26.2. The van der Waals surface area contributed by atoms with Crippen LogP contribution in [0.5, 0.6) is 23.0 Å². The van der Waals surface area contributed by atoms with Gasteiger partial charge in [-0.25, -0.2) is 0 Å². The molecule has 1 unspecified atom stereocenters. The SMILES string of the molecule is CCOc1cc(NC(=O)C(N=Nc2cc(Cl)c(OC)c(OC)c2)C(C)=O)c(OCC)cc1Cl. The van der Waals surface area contributed by atoms with Crippen LogP contribution in [0.1, 0.15) is 20.8 Å². The normalized spacial score (nSPS) is 11.7. The van der Waals surface area contributed by atoms with Gasteiger partial charge in [-0.1, -0.05) is 23.2 Å². The Morgan fingerprint density at radius 1 is 0.939 bits per heavy atom. The zero-order valence-corrected chi connectivity index (χ0v) is 20.4. The van der Waals surface area contributed by atoms with Gasteiger partial charge in [0.05, 0.1) is 48.9 Å². The highest BCUT2D eigenvalue weighted by atomic mass is 35.5. The molecule has 33 heavy (non-hydrogen) atoms. The number of hydrogen-bond donors (Lipinski definition) is 1. The number of azo groups is 1. The van der Waals surface area contributed by atoms with E-state index < -0.39 is 17.7 Å². The van der Waals surface area contributed by atoms with Crippen molar-refractivity contribution in [2.75, 3.05) is 32.8 Å². The minimum Gasteiger partial charge on any atom is -0.493 e. The number of hydrogen-bond acceptors (Lipinski definition) is 8. The Morgan fingerprint density at radius 3 is 2.18 bits per heavy atom. The number of halogens is 2. The van der Waals surface area contributed by atoms with Gasteiger partial charge >= 0.3 is 0 Å². The summed E-state index contributed by atoms with van der Waals surface area (Å²) in [4.78, 5) is 25.0. The minimum absolute atomic E-state index is 0.237. The van der Waals surface area contributed by atoms with Crippen LogP contribution in [0.2, 0.25) is 10.0 Å². The fourth-order valence-corrected chi connectivity index (χ4v) is 3.27. The predicted molar refractivity (Wildman–Crippen MR) is 126 cm³/mol. The summed E-state index contributed by atoms with van der Waals surface area (Å²) in [7, 11) is 2.89. The molecule has 1 N–H and O–H groups in total. The lowest BCUT2D eigenvalue weighted by Crippen LogP contribution is -2.32. The first-order valence-electron chi connectivity index (χ1n) is 9.98. The molecule has 0 aromatic heterocycles. The van der Waals surface area contributed by atoms with E-state index >= 15 is 0 Å². The van der Waals surface area contributed by atoms with E-state index in [4.69, 9.17) is 42.1 Å². The molecule has 0 aliphatic heterocycles. The van der Waals surface area contributed by atoms with E-state index in [2.05, 4.69) is 15.5 Å². The molecule has 0 saturated heterocycles. The monoisotopic (exact) mass is 497 g/mol. The van der Waals surface area contributed by atoms with Gasteiger partial charge < -0.3 is 24.3 Å². The summed E-state index contributed by atoms with van der Waals surface area (Å²) in [5.74, 6) is 0.122. The van der Waals surface area contributed by atoms with Crippen LogP contribution in [0, 0.1) is 0 Å². The Bertz CT molecular complexity index is 1050. The van der Waals surface area contributed by atoms with Crippen molar-refractivity contribution in [1.29, 1.82) is 0 Å². The van der Waals surface area contributed by atoms with E-state index in [1.807, 2.05) is 0 Å². The maximum Gasteiger partial charge on any atom is 0.258 e. The molecule has 0 spiro atoms. The van der Waals surface area contributed by atoms with E-state index in [9.17, 15) is 9.59 Å². The van der Waals surface area contributed by atoms with Gasteiger partial charge in [0, 0.05) is 18.2 Å². The number of ketones is 1. The summed E-state index contributed by atoms with van der Waals surface area (Å²) in [5, 5.41) is 11.1. The molecule has 0 bridgehead atoms. The topological polar surface area (TPSA) is 108 Å². The quantitative estimate of drug-likeness (QED) is 0.324. The fourth-order valence-electron chi connectivity index (χ4n) is 2.78. The highest BCUT2D eigenvalue weighted by molar-refractivity contribution is 6.32. The fraction of sp³-hybridized carbons (Fsp3) is 0.364. The lowest BCUT2D eigenvalue weighted by atomic mass is 10.2. The Balaban J connectivity index is 2.34. The molecule has 9 nitrogen and oxygen atoms in total. The maximum absolute atomic E-state index is 12.9. The second-order valence-corrected chi connectivity index (χ2v) is 7.34. The zero-order chi connectivity index (χ0) is 24.5. The summed E-state index contributed by atoms with van der Waals surface area (Å²) in [6.45, 7) is 5.54. The van der Waals surface area contributed by atoms with E-state index in [0.717, 1.165) is 0 Å². The minimum atomic E-state index is -1.42. The van der Waals surface area contributed by atoms with Gasteiger partial charge in [-0.3, -0.25) is 9.59 Å². The first-order valence-corrected chi connectivity index (χ1v) is 10.7. The smallest absolute Gasteiger partial charge is 0.258 e. The molecule has 0 aliphatic rings. The van der Waals surface area contributed by atoms with Crippen molar-refractivity contribution in [3.05, 3.63) is 34.3 Å². The molecule has 0 aliphatic carbocycles. The molecular weight excluding hydrogens is 473 g/mol. The van der Waals surface area contributed by atoms with Crippen LogP contribution in [0.25, 0.3) is 0 Å². The number of carbonyl (C=O) groups excluding carboxylic acids is 2. The number of nitrogens with one attached hydrogen (secondary N) is 1. The third-order valence-electron chi connectivity index (χ3n) is 4.23. The maximum atomic E-state index is 12.9. The molecule has 1 amide bonds. The highest BCUT2D eigenvalue weighted by Gasteiger charge is 2.25. The van der Waals surface area contributed by atoms with Gasteiger partial charge in [-0.05, 0) is 26.8 Å². The summed E-state index contributed by atoms with van der Waals surface area (Å²) in [6.07, 6.45) is 0. The van der Waals surface area contributed by atoms with Crippen LogP contribution in [0.4, 0.5) is 11.4 Å². The van der Waals surface area contributed by atoms with Crippen LogP contribution in [0.15, 0.2) is 34.5 Å². The van der Waals surface area contributed by atoms with Gasteiger partial charge in [-0.15, -0.1) is 0 Å². The number of carbonyl (C=O) groups is 2. The van der Waals surface area contributed by atoms with E-state index in [-0.39, 0.29) is 16.4 Å². The summed E-state index contributed by atoms with van der Waals surface area (Å²) in [6, 6.07) is 4.63. The molecule has 178 valence electrons. The molecule has 2 rings (SSSR count). The van der Waals surface area contributed by atoms with Crippen molar-refractivity contribution >= 4 is 46.3 Å². The Kier molecular flexibility index (Phi) is 9.74. The summed E-state index contributed by atoms with van der Waals surface area (Å²) in [5.41, 5.74) is 0.558. The van der Waals surface area contributed by atoms with Crippen molar-refractivity contribution in [1.82, 2.24) is 0 Å². The summed E-state index contributed by atoms with van der Waals surface area (Å²) < 4.78 is 21.4. The van der Waals surface area contributed by atoms with E-state index in [1.165, 1.54) is 45.4 Å². The van der Waals surface area contributed by atoms with E-state index in [0.29, 0.717) is 41.2 Å². The standard InChI is InChI=1S/C22H25Cl2N3O6/c1-6-32-17-11-16(18(33-7-2)10-14(17)23)25-22(29)20(12(3)28)27-26-13-8-15(24)21(31-5)19(9-13)30-4/h8-11,20H,6-7H2,1-5H3,(H,25,29). The molecule has 0 radical (unpaired) electrons. The van der Waals surface area contributed by atoms with Crippen LogP contribution in [-0.2, 0) is 9.59 Å². The molecule has 2 aromatic carbocycles. The van der Waals surface area contributed by atoms with Gasteiger partial charge in [0.1, 0.15) is 11.5 Å². The number of benzene rings is 2. The zero-order valence-electron chi connectivity index (χ0n) is 18.9. The molecular formula is C22H25Cl2N3O6. The third-order valence-corrected chi connectivity index (χ3v) is 4.81. The van der Waals surface area contributed by atoms with Gasteiger partial charge in [0.15, 0.2) is 17.3 Å². The van der Waals surface area contributed by atoms with Gasteiger partial charge in [0.25, 0.3) is 5.91 Å². The number of nitrogens with zero attached hydrogens (tertiary/aromatic N) is 2. The van der Waals surface area contributed by atoms with Crippen molar-refractivity contribution < 1.29 is 28.5 Å². The second kappa shape index (κ2) is 12.3. The second-order valence-electron chi connectivity index (χ2n) is 6.53. The highest BCUT2D eigenvalue weighted by Crippen LogP contribution is 2.39. The lowest BCUT2D eigenvalue weighted by molar-refractivity contribution is -0.126. The number of amides is 1. The Morgan fingerprint density at radius 2 is 1.61 bits per heavy atom. The third kappa shape index (κ3) is 6.72. The summed E-state index contributed by atoms with van der Waals surface area (Å²) >= 11 is 12.4. The number of anilines is 1. The van der Waals surface area contributed by atoms with Crippen molar-refractivity contribution in [2.45, 2.75) is 26.8 Å². The number of rotatable bonds is 11. The molecule has 2 aromatic rings. The largest absolute Gasteiger partial charge is 0.493 e. The van der Waals surface area contributed by atoms with Crippen LogP contribution in [-0.4, -0.2) is 45.2 Å². The van der Waals surface area contributed by atoms with E-state index in [1.54, 1.807) is 13.8 Å². The van der Waals surface area contributed by atoms with Crippen molar-refractivity contribution in [3.8, 4) is 23.0 Å². The average Bonchev–Trinajstić information content (AvgIpc) is 2.76. The van der Waals surface area contributed by atoms with Gasteiger partial charge in [0.2, 0.25) is 6.04 Å². The Labute approximate surface area is 202 Å². The lowest BCUT2D eigenvalue weighted by Gasteiger charge is -2.16. The Hall–Kier alpha value is -3.04. The predicted octanol–water partition coefficient (Wildman–Crippen LogP) is 5.49. The van der Waals surface area contributed by atoms with Crippen LogP contribution < -0.4 is 24.3 Å².